The quantitative estimate of drug-likeness (QED) is 0.134. The minimum Gasteiger partial charge on any atom is -0.507 e. The molecule has 0 aliphatic rings. The Labute approximate surface area is 355 Å². The zero-order valence-electron chi connectivity index (χ0n) is 37.2. The zero-order chi connectivity index (χ0) is 43.4. The molecule has 8 aromatic carbocycles. The minimum atomic E-state index is -0.175. The maximum absolute atomic E-state index is 11.7. The smallest absolute Gasteiger partial charge is 0.123 e. The molecular formula is C56H58O4. The van der Waals surface area contributed by atoms with E-state index in [0.29, 0.717) is 22.3 Å². The number of hydrogen-bond donors (Lipinski definition) is 4. The second kappa shape index (κ2) is 13.8. The Bertz CT molecular complexity index is 2590. The van der Waals surface area contributed by atoms with Gasteiger partial charge in [-0.2, -0.15) is 0 Å². The summed E-state index contributed by atoms with van der Waals surface area (Å²) in [6.07, 6.45) is 0. The molecule has 0 radical (unpaired) electrons. The van der Waals surface area contributed by atoms with Crippen molar-refractivity contribution in [3.8, 4) is 67.5 Å². The topological polar surface area (TPSA) is 80.9 Å². The molecule has 0 aliphatic carbocycles. The molecule has 4 nitrogen and oxygen atoms in total. The molecule has 306 valence electrons. The van der Waals surface area contributed by atoms with Crippen LogP contribution in [0.1, 0.15) is 105 Å². The van der Waals surface area contributed by atoms with Crippen LogP contribution in [-0.2, 0) is 21.7 Å². The first-order chi connectivity index (χ1) is 27.9. The van der Waals surface area contributed by atoms with Crippen LogP contribution in [-0.4, -0.2) is 20.4 Å². The van der Waals surface area contributed by atoms with Crippen molar-refractivity contribution < 1.29 is 20.4 Å². The van der Waals surface area contributed by atoms with Gasteiger partial charge in [0.2, 0.25) is 0 Å². The van der Waals surface area contributed by atoms with E-state index in [-0.39, 0.29) is 44.7 Å². The largest absolute Gasteiger partial charge is 0.507 e. The third-order valence-corrected chi connectivity index (χ3v) is 12.5. The first-order valence-electron chi connectivity index (χ1n) is 21.1. The van der Waals surface area contributed by atoms with Gasteiger partial charge in [0.05, 0.1) is 0 Å². The van der Waals surface area contributed by atoms with Gasteiger partial charge in [-0.05, 0) is 159 Å². The van der Waals surface area contributed by atoms with Crippen LogP contribution >= 0.6 is 0 Å². The van der Waals surface area contributed by atoms with E-state index in [4.69, 9.17) is 0 Å². The molecule has 0 saturated heterocycles. The first-order valence-corrected chi connectivity index (χ1v) is 21.1. The molecule has 0 heterocycles. The summed E-state index contributed by atoms with van der Waals surface area (Å²) < 4.78 is 0. The zero-order valence-corrected chi connectivity index (χ0v) is 37.2. The van der Waals surface area contributed by atoms with Crippen molar-refractivity contribution in [1.82, 2.24) is 0 Å². The molecule has 0 atom stereocenters. The van der Waals surface area contributed by atoms with Crippen LogP contribution in [0.5, 0.6) is 23.0 Å². The summed E-state index contributed by atoms with van der Waals surface area (Å²) in [5, 5.41) is 52.7. The van der Waals surface area contributed by atoms with E-state index in [9.17, 15) is 20.4 Å². The van der Waals surface area contributed by atoms with Crippen LogP contribution in [0, 0.1) is 0 Å². The Hall–Kier alpha value is -6.00. The van der Waals surface area contributed by atoms with Gasteiger partial charge in [0.25, 0.3) is 0 Å². The van der Waals surface area contributed by atoms with Gasteiger partial charge in [0.1, 0.15) is 23.0 Å². The number of phenolic OH excluding ortho intramolecular Hbond substituents is 4. The normalized spacial score (nSPS) is 12.9. The number of aromatic hydroxyl groups is 4. The lowest BCUT2D eigenvalue weighted by atomic mass is 9.79. The standard InChI is InChI=1S/C56H58O4/c1-53(2,3)31-13-21-47(57)43(25-31)39-29-40(44-26-32(54(4,5)6)14-22-48(44)58)36-19-20-38-42(46-28-34(56(10,11)12)16-24-50(46)60)30-41(37-18-17-35(39)51(36)52(37)38)45-27-33(55(7,8)9)15-23-49(45)59/h13-30,57-60H,1-12H3. The lowest BCUT2D eigenvalue weighted by molar-refractivity contribution is 0.475. The van der Waals surface area contributed by atoms with Gasteiger partial charge >= 0.3 is 0 Å². The van der Waals surface area contributed by atoms with Crippen LogP contribution < -0.4 is 0 Å². The molecule has 0 bridgehead atoms. The Morgan fingerprint density at radius 2 is 0.450 bits per heavy atom. The molecule has 0 aliphatic heterocycles. The molecule has 0 unspecified atom stereocenters. The fourth-order valence-electron chi connectivity index (χ4n) is 8.76. The monoisotopic (exact) mass is 794 g/mol. The highest BCUT2D eigenvalue weighted by Gasteiger charge is 2.27. The fourth-order valence-corrected chi connectivity index (χ4v) is 8.76. The maximum Gasteiger partial charge on any atom is 0.123 e. The predicted molar refractivity (Wildman–Crippen MR) is 253 cm³/mol. The van der Waals surface area contributed by atoms with Gasteiger partial charge in [-0.25, -0.2) is 0 Å². The molecule has 0 fully saturated rings. The van der Waals surface area contributed by atoms with E-state index in [1.165, 1.54) is 0 Å². The number of phenols is 4. The third-order valence-electron chi connectivity index (χ3n) is 12.5. The highest BCUT2D eigenvalue weighted by atomic mass is 16.3. The van der Waals surface area contributed by atoms with Crippen LogP contribution in [0.25, 0.3) is 76.8 Å². The Balaban J connectivity index is 1.62. The number of rotatable bonds is 4. The van der Waals surface area contributed by atoms with Gasteiger partial charge in [-0.1, -0.05) is 132 Å². The Kier molecular flexibility index (Phi) is 9.36. The lowest BCUT2D eigenvalue weighted by Crippen LogP contribution is -2.11. The highest BCUT2D eigenvalue weighted by Crippen LogP contribution is 2.52. The Morgan fingerprint density at radius 1 is 0.250 bits per heavy atom. The molecular weight excluding hydrogens is 737 g/mol. The molecule has 4 heteroatoms. The van der Waals surface area contributed by atoms with Gasteiger partial charge in [-0.15, -0.1) is 0 Å². The van der Waals surface area contributed by atoms with E-state index in [0.717, 1.165) is 76.8 Å². The summed E-state index contributed by atoms with van der Waals surface area (Å²) in [5.74, 6) is 0.688. The molecule has 8 rings (SSSR count). The predicted octanol–water partition coefficient (Wildman–Crippen LogP) is 15.3. The van der Waals surface area contributed by atoms with E-state index >= 15 is 0 Å². The number of benzene rings is 8. The molecule has 0 spiro atoms. The van der Waals surface area contributed by atoms with Crippen molar-refractivity contribution in [3.05, 3.63) is 131 Å². The summed E-state index contributed by atoms with van der Waals surface area (Å²) in [7, 11) is 0. The van der Waals surface area contributed by atoms with Crippen LogP contribution in [0.3, 0.4) is 0 Å². The average molecular weight is 795 g/mol. The average Bonchev–Trinajstić information content (AvgIpc) is 3.16. The van der Waals surface area contributed by atoms with Gasteiger partial charge < -0.3 is 20.4 Å². The summed E-state index contributed by atoms with van der Waals surface area (Å²) in [4.78, 5) is 0. The van der Waals surface area contributed by atoms with Crippen molar-refractivity contribution in [1.29, 1.82) is 0 Å². The van der Waals surface area contributed by atoms with E-state index in [1.807, 2.05) is 24.3 Å². The van der Waals surface area contributed by atoms with Crippen LogP contribution in [0.2, 0.25) is 0 Å². The van der Waals surface area contributed by atoms with Crippen LogP contribution in [0.4, 0.5) is 0 Å². The Morgan fingerprint density at radius 3 is 0.633 bits per heavy atom. The van der Waals surface area contributed by atoms with Crippen molar-refractivity contribution in [3.63, 3.8) is 0 Å². The maximum atomic E-state index is 11.7. The van der Waals surface area contributed by atoms with E-state index in [1.54, 1.807) is 24.3 Å². The second-order valence-corrected chi connectivity index (χ2v) is 20.9. The van der Waals surface area contributed by atoms with Gasteiger partial charge in [0.15, 0.2) is 0 Å². The van der Waals surface area contributed by atoms with Gasteiger partial charge in [0, 0.05) is 22.3 Å². The molecule has 60 heavy (non-hydrogen) atoms. The first kappa shape index (κ1) is 40.8. The molecule has 4 N–H and O–H groups in total. The van der Waals surface area contributed by atoms with E-state index < -0.39 is 0 Å². The summed E-state index contributed by atoms with van der Waals surface area (Å²) >= 11 is 0. The van der Waals surface area contributed by atoms with Crippen molar-refractivity contribution in [2.45, 2.75) is 105 Å². The molecule has 0 aromatic heterocycles. The summed E-state index contributed by atoms with van der Waals surface area (Å²) in [6, 6.07) is 36.3. The number of hydrogen-bond acceptors (Lipinski definition) is 4. The minimum absolute atomic E-state index is 0.172. The second-order valence-electron chi connectivity index (χ2n) is 20.9. The third kappa shape index (κ3) is 6.90. The molecule has 0 amide bonds. The fraction of sp³-hybridized carbons (Fsp3) is 0.286. The summed E-state index contributed by atoms with van der Waals surface area (Å²) in [5.41, 5.74) is 9.88. The molecule has 0 saturated carbocycles. The van der Waals surface area contributed by atoms with Gasteiger partial charge in [-0.3, -0.25) is 0 Å². The lowest BCUT2D eigenvalue weighted by Gasteiger charge is -2.25. The van der Waals surface area contributed by atoms with Crippen molar-refractivity contribution in [2.24, 2.45) is 0 Å². The van der Waals surface area contributed by atoms with Crippen molar-refractivity contribution >= 4 is 32.3 Å². The van der Waals surface area contributed by atoms with Crippen LogP contribution in [0.15, 0.2) is 109 Å². The molecule has 8 aromatic rings. The van der Waals surface area contributed by atoms with Crippen molar-refractivity contribution in [2.75, 3.05) is 0 Å². The highest BCUT2D eigenvalue weighted by molar-refractivity contribution is 6.32. The van der Waals surface area contributed by atoms with E-state index in [2.05, 4.69) is 144 Å². The summed E-state index contributed by atoms with van der Waals surface area (Å²) in [6.45, 7) is 26.1. The SMILES string of the molecule is CC(C)(C)c1ccc(O)c(-c2cc(-c3cc(C(C)(C)C)ccc3O)c3ccc4c(-c5cc(C(C)(C)C)ccc5O)cc(-c5cc(C(C)(C)C)ccc5O)c5ccc2c3c54)c1.